The van der Waals surface area contributed by atoms with Crippen LogP contribution in [0, 0.1) is 13.8 Å². The van der Waals surface area contributed by atoms with Crippen molar-refractivity contribution < 1.29 is 19.1 Å². The highest BCUT2D eigenvalue weighted by molar-refractivity contribution is 5.66. The normalized spacial score (nSPS) is 10.5. The van der Waals surface area contributed by atoms with Gasteiger partial charge in [0.05, 0.1) is 0 Å². The van der Waals surface area contributed by atoms with Gasteiger partial charge >= 0.3 is 11.9 Å². The largest absolute Gasteiger partial charge is 0.461 e. The van der Waals surface area contributed by atoms with E-state index >= 15 is 0 Å². The van der Waals surface area contributed by atoms with Crippen molar-refractivity contribution >= 4 is 11.9 Å². The van der Waals surface area contributed by atoms with Crippen molar-refractivity contribution in [3.63, 3.8) is 0 Å². The third-order valence-electron chi connectivity index (χ3n) is 4.07. The summed E-state index contributed by atoms with van der Waals surface area (Å²) in [6.45, 7) is 7.83. The first kappa shape index (κ1) is 17.8. The molecule has 2 rings (SSSR count). The summed E-state index contributed by atoms with van der Waals surface area (Å²) in [6.07, 6.45) is 0. The molecule has 0 amide bonds. The van der Waals surface area contributed by atoms with Gasteiger partial charge in [0.25, 0.3) is 0 Å². The van der Waals surface area contributed by atoms with E-state index in [2.05, 4.69) is 16.7 Å². The van der Waals surface area contributed by atoms with Crippen LogP contribution in [0.4, 0.5) is 0 Å². The lowest BCUT2D eigenvalue weighted by Gasteiger charge is -2.10. The molecule has 1 heterocycles. The summed E-state index contributed by atoms with van der Waals surface area (Å²) in [5, 5.41) is 0. The Morgan fingerprint density at radius 2 is 1.33 bits per heavy atom. The van der Waals surface area contributed by atoms with Crippen molar-refractivity contribution in [3.8, 4) is 0 Å². The molecule has 0 bridgehead atoms. The number of ether oxygens (including phenoxy) is 2. The van der Waals surface area contributed by atoms with Gasteiger partial charge in [0.15, 0.2) is 0 Å². The van der Waals surface area contributed by atoms with Crippen molar-refractivity contribution in [2.45, 2.75) is 47.5 Å². The minimum atomic E-state index is -0.332. The predicted molar refractivity (Wildman–Crippen MR) is 90.4 cm³/mol. The minimum absolute atomic E-state index is 0.181. The third kappa shape index (κ3) is 4.25. The smallest absolute Gasteiger partial charge is 0.302 e. The molecule has 0 radical (unpaired) electrons. The Hall–Kier alpha value is -2.56. The van der Waals surface area contributed by atoms with Crippen LogP contribution in [0.2, 0.25) is 0 Å². The maximum Gasteiger partial charge on any atom is 0.302 e. The van der Waals surface area contributed by atoms with Crippen molar-refractivity contribution in [2.75, 3.05) is 0 Å². The molecule has 24 heavy (non-hydrogen) atoms. The number of nitrogens with zero attached hydrogens (tertiary/aromatic N) is 1. The molecule has 0 aliphatic carbocycles. The lowest BCUT2D eigenvalue weighted by atomic mass is 10.1. The van der Waals surface area contributed by atoms with E-state index in [-0.39, 0.29) is 25.2 Å². The van der Waals surface area contributed by atoms with Gasteiger partial charge in [-0.15, -0.1) is 0 Å². The number of rotatable bonds is 6. The quantitative estimate of drug-likeness (QED) is 0.763. The molecule has 0 aliphatic heterocycles. The molecule has 0 spiro atoms. The molecule has 128 valence electrons. The summed E-state index contributed by atoms with van der Waals surface area (Å²) in [7, 11) is 0. The van der Waals surface area contributed by atoms with E-state index < -0.39 is 0 Å². The molecular formula is C19H23NO4. The van der Waals surface area contributed by atoms with Gasteiger partial charge in [0.2, 0.25) is 0 Å². The number of aromatic nitrogens is 1. The van der Waals surface area contributed by atoms with E-state index in [4.69, 9.17) is 9.47 Å². The number of hydrogen-bond donors (Lipinski definition) is 0. The number of carbonyl (C=O) groups excluding carboxylic acids is 2. The Balaban J connectivity index is 2.37. The molecule has 0 atom stereocenters. The molecule has 5 nitrogen and oxygen atoms in total. The molecule has 0 fully saturated rings. The average Bonchev–Trinajstić information content (AvgIpc) is 2.76. The van der Waals surface area contributed by atoms with Gasteiger partial charge in [-0.25, -0.2) is 0 Å². The van der Waals surface area contributed by atoms with Crippen LogP contribution < -0.4 is 0 Å². The maximum absolute atomic E-state index is 11.2. The van der Waals surface area contributed by atoms with E-state index in [1.807, 2.05) is 32.0 Å². The van der Waals surface area contributed by atoms with Gasteiger partial charge in [0.1, 0.15) is 13.2 Å². The average molecular weight is 329 g/mol. The Morgan fingerprint density at radius 3 is 1.75 bits per heavy atom. The van der Waals surface area contributed by atoms with Crippen LogP contribution in [0.3, 0.4) is 0 Å². The van der Waals surface area contributed by atoms with E-state index in [9.17, 15) is 9.59 Å². The van der Waals surface area contributed by atoms with Crippen molar-refractivity contribution in [2.24, 2.45) is 0 Å². The van der Waals surface area contributed by atoms with Crippen LogP contribution in [-0.4, -0.2) is 16.5 Å². The molecule has 0 saturated carbocycles. The molecule has 5 heteroatoms. The van der Waals surface area contributed by atoms with E-state index in [1.165, 1.54) is 19.4 Å². The Labute approximate surface area is 142 Å². The van der Waals surface area contributed by atoms with Gasteiger partial charge in [0, 0.05) is 42.9 Å². The van der Waals surface area contributed by atoms with E-state index in [1.54, 1.807) is 0 Å². The topological polar surface area (TPSA) is 57.5 Å². The molecule has 1 aromatic carbocycles. The minimum Gasteiger partial charge on any atom is -0.461 e. The fraction of sp³-hybridized carbons (Fsp3) is 0.368. The molecule has 0 saturated heterocycles. The number of esters is 2. The van der Waals surface area contributed by atoms with Gasteiger partial charge in [-0.05, 0) is 19.4 Å². The van der Waals surface area contributed by atoms with E-state index in [0.29, 0.717) is 6.54 Å². The molecule has 0 N–H and O–H groups in total. The second-order valence-corrected chi connectivity index (χ2v) is 5.76. The first-order valence-electron chi connectivity index (χ1n) is 7.88. The zero-order chi connectivity index (χ0) is 17.7. The highest BCUT2D eigenvalue weighted by atomic mass is 16.5. The molecule has 1 aromatic heterocycles. The second kappa shape index (κ2) is 7.81. The first-order chi connectivity index (χ1) is 11.4. The van der Waals surface area contributed by atoms with Gasteiger partial charge in [-0.2, -0.15) is 0 Å². The lowest BCUT2D eigenvalue weighted by molar-refractivity contribution is -0.143. The standard InChI is InChI=1S/C19H23NO4/c1-13-18(11-23-15(3)21)19(12-24-16(4)22)14(2)20(13)10-17-8-6-5-7-9-17/h5-9H,10-12H2,1-4H3. The SMILES string of the molecule is CC(=O)OCc1c(COC(C)=O)c(C)n(Cc2ccccc2)c1C. The van der Waals surface area contributed by atoms with Crippen molar-refractivity contribution in [3.05, 3.63) is 58.4 Å². The number of carbonyl (C=O) groups is 2. The van der Waals surface area contributed by atoms with Crippen LogP contribution in [-0.2, 0) is 38.8 Å². The predicted octanol–water partition coefficient (Wildman–Crippen LogP) is 3.28. The Bertz CT molecular complexity index is 690. The van der Waals surface area contributed by atoms with E-state index in [0.717, 1.165) is 22.5 Å². The van der Waals surface area contributed by atoms with Gasteiger partial charge < -0.3 is 14.0 Å². The molecule has 2 aromatic rings. The summed E-state index contributed by atoms with van der Waals surface area (Å²) in [5.41, 5.74) is 5.01. The second-order valence-electron chi connectivity index (χ2n) is 5.76. The third-order valence-corrected chi connectivity index (χ3v) is 4.07. The zero-order valence-corrected chi connectivity index (χ0v) is 14.6. The molecule has 0 unspecified atom stereocenters. The monoisotopic (exact) mass is 329 g/mol. The lowest BCUT2D eigenvalue weighted by Crippen LogP contribution is -2.05. The highest BCUT2D eigenvalue weighted by Gasteiger charge is 2.19. The summed E-state index contributed by atoms with van der Waals surface area (Å²) in [4.78, 5) is 22.3. The van der Waals surface area contributed by atoms with Crippen molar-refractivity contribution in [1.29, 1.82) is 0 Å². The molecular weight excluding hydrogens is 306 g/mol. The Kier molecular flexibility index (Phi) is 5.79. The summed E-state index contributed by atoms with van der Waals surface area (Å²) >= 11 is 0. The summed E-state index contributed by atoms with van der Waals surface area (Å²) in [5.74, 6) is -0.664. The zero-order valence-electron chi connectivity index (χ0n) is 14.6. The summed E-state index contributed by atoms with van der Waals surface area (Å²) < 4.78 is 12.5. The number of benzene rings is 1. The van der Waals surface area contributed by atoms with Crippen LogP contribution in [0.5, 0.6) is 0 Å². The Morgan fingerprint density at radius 1 is 0.875 bits per heavy atom. The van der Waals surface area contributed by atoms with Crippen LogP contribution in [0.1, 0.15) is 41.9 Å². The fourth-order valence-corrected chi connectivity index (χ4v) is 2.75. The van der Waals surface area contributed by atoms with Crippen LogP contribution >= 0.6 is 0 Å². The van der Waals surface area contributed by atoms with Crippen molar-refractivity contribution in [1.82, 2.24) is 4.57 Å². The fourth-order valence-electron chi connectivity index (χ4n) is 2.75. The molecule has 0 aliphatic rings. The van der Waals surface area contributed by atoms with Crippen LogP contribution in [0.15, 0.2) is 30.3 Å². The van der Waals surface area contributed by atoms with Gasteiger partial charge in [-0.3, -0.25) is 9.59 Å². The first-order valence-corrected chi connectivity index (χ1v) is 7.88. The number of hydrogen-bond acceptors (Lipinski definition) is 4. The van der Waals surface area contributed by atoms with Gasteiger partial charge in [-0.1, -0.05) is 30.3 Å². The summed E-state index contributed by atoms with van der Waals surface area (Å²) in [6, 6.07) is 10.1. The highest BCUT2D eigenvalue weighted by Crippen LogP contribution is 2.25. The maximum atomic E-state index is 11.2. The van der Waals surface area contributed by atoms with Crippen LogP contribution in [0.25, 0.3) is 0 Å².